The first-order valence-electron chi connectivity index (χ1n) is 7.41. The standard InChI is InChI=1S/C20H16INO/c21-18-8-4-5-9-19(18)22-20(23)14-15-10-12-17(13-11-15)16-6-2-1-3-7-16/h1-13H,14H2,(H,22,23). The summed E-state index contributed by atoms with van der Waals surface area (Å²) in [4.78, 5) is 12.2. The van der Waals surface area contributed by atoms with Crippen molar-refractivity contribution >= 4 is 34.2 Å². The Labute approximate surface area is 149 Å². The topological polar surface area (TPSA) is 29.1 Å². The first-order valence-corrected chi connectivity index (χ1v) is 8.49. The summed E-state index contributed by atoms with van der Waals surface area (Å²) in [6, 6.07) is 26.1. The van der Waals surface area contributed by atoms with E-state index in [4.69, 9.17) is 0 Å². The van der Waals surface area contributed by atoms with Crippen LogP contribution in [0.2, 0.25) is 0 Å². The Hall–Kier alpha value is -2.14. The van der Waals surface area contributed by atoms with Crippen LogP contribution in [0.5, 0.6) is 0 Å². The van der Waals surface area contributed by atoms with Gasteiger partial charge in [-0.2, -0.15) is 0 Å². The summed E-state index contributed by atoms with van der Waals surface area (Å²) in [6.45, 7) is 0. The molecule has 0 aliphatic heterocycles. The van der Waals surface area contributed by atoms with E-state index in [0.29, 0.717) is 6.42 Å². The maximum Gasteiger partial charge on any atom is 0.228 e. The Bertz CT molecular complexity index is 797. The molecule has 0 aliphatic carbocycles. The molecule has 0 aliphatic rings. The molecular formula is C20H16INO. The van der Waals surface area contributed by atoms with Crippen molar-refractivity contribution in [3.63, 3.8) is 0 Å². The zero-order chi connectivity index (χ0) is 16.1. The van der Waals surface area contributed by atoms with Crippen LogP contribution in [0.1, 0.15) is 5.56 Å². The second-order valence-electron chi connectivity index (χ2n) is 5.27. The van der Waals surface area contributed by atoms with Crippen molar-refractivity contribution in [1.82, 2.24) is 0 Å². The van der Waals surface area contributed by atoms with Gasteiger partial charge in [-0.1, -0.05) is 66.7 Å². The lowest BCUT2D eigenvalue weighted by Crippen LogP contribution is -2.15. The second-order valence-corrected chi connectivity index (χ2v) is 6.43. The van der Waals surface area contributed by atoms with E-state index in [1.54, 1.807) is 0 Å². The van der Waals surface area contributed by atoms with Crippen LogP contribution in [0, 0.1) is 3.57 Å². The molecule has 3 aromatic rings. The van der Waals surface area contributed by atoms with Gasteiger partial charge in [-0.15, -0.1) is 0 Å². The number of hydrogen-bond acceptors (Lipinski definition) is 1. The first kappa shape index (κ1) is 15.7. The van der Waals surface area contributed by atoms with Gasteiger partial charge >= 0.3 is 0 Å². The molecule has 0 saturated carbocycles. The number of halogens is 1. The van der Waals surface area contributed by atoms with Gasteiger partial charge in [0, 0.05) is 3.57 Å². The molecule has 0 unspecified atom stereocenters. The molecule has 1 N–H and O–H groups in total. The molecule has 0 spiro atoms. The molecular weight excluding hydrogens is 397 g/mol. The highest BCUT2D eigenvalue weighted by Crippen LogP contribution is 2.20. The summed E-state index contributed by atoms with van der Waals surface area (Å²) in [5.74, 6) is 0.00146. The third-order valence-corrected chi connectivity index (χ3v) is 4.51. The highest BCUT2D eigenvalue weighted by molar-refractivity contribution is 14.1. The second kappa shape index (κ2) is 7.42. The van der Waals surface area contributed by atoms with Crippen LogP contribution in [0.3, 0.4) is 0 Å². The maximum atomic E-state index is 12.2. The molecule has 3 heteroatoms. The summed E-state index contributed by atoms with van der Waals surface area (Å²) in [5.41, 5.74) is 4.21. The van der Waals surface area contributed by atoms with Crippen LogP contribution in [-0.2, 0) is 11.2 Å². The van der Waals surface area contributed by atoms with Crippen molar-refractivity contribution in [2.24, 2.45) is 0 Å². The molecule has 0 saturated heterocycles. The number of amides is 1. The molecule has 0 bridgehead atoms. The van der Waals surface area contributed by atoms with E-state index >= 15 is 0 Å². The van der Waals surface area contributed by atoms with Gasteiger partial charge in [0.15, 0.2) is 0 Å². The lowest BCUT2D eigenvalue weighted by molar-refractivity contribution is -0.115. The molecule has 3 rings (SSSR count). The highest BCUT2D eigenvalue weighted by Gasteiger charge is 2.06. The summed E-state index contributed by atoms with van der Waals surface area (Å²) < 4.78 is 1.04. The zero-order valence-electron chi connectivity index (χ0n) is 12.5. The number of rotatable bonds is 4. The largest absolute Gasteiger partial charge is 0.325 e. The summed E-state index contributed by atoms with van der Waals surface area (Å²) in [5, 5.41) is 2.96. The molecule has 3 aromatic carbocycles. The minimum absolute atomic E-state index is 0.00146. The van der Waals surface area contributed by atoms with Gasteiger partial charge in [0.2, 0.25) is 5.91 Å². The van der Waals surface area contributed by atoms with Crippen molar-refractivity contribution in [2.75, 3.05) is 5.32 Å². The maximum absolute atomic E-state index is 12.2. The van der Waals surface area contributed by atoms with Gasteiger partial charge in [0.05, 0.1) is 12.1 Å². The smallest absolute Gasteiger partial charge is 0.228 e. The Balaban J connectivity index is 1.66. The Kier molecular flexibility index (Phi) is 5.08. The third kappa shape index (κ3) is 4.20. The summed E-state index contributed by atoms with van der Waals surface area (Å²) in [6.07, 6.45) is 0.375. The molecule has 0 fully saturated rings. The van der Waals surface area contributed by atoms with E-state index in [9.17, 15) is 4.79 Å². The minimum atomic E-state index is 0.00146. The molecule has 1 amide bonds. The zero-order valence-corrected chi connectivity index (χ0v) is 14.7. The van der Waals surface area contributed by atoms with E-state index in [0.717, 1.165) is 20.4 Å². The number of carbonyl (C=O) groups excluding carboxylic acids is 1. The first-order chi connectivity index (χ1) is 11.2. The van der Waals surface area contributed by atoms with Crippen molar-refractivity contribution in [2.45, 2.75) is 6.42 Å². The van der Waals surface area contributed by atoms with Gasteiger partial charge in [0.25, 0.3) is 0 Å². The molecule has 2 nitrogen and oxygen atoms in total. The Morgan fingerprint density at radius 3 is 2.09 bits per heavy atom. The molecule has 114 valence electrons. The van der Waals surface area contributed by atoms with E-state index < -0.39 is 0 Å². The normalized spacial score (nSPS) is 10.3. The van der Waals surface area contributed by atoms with Crippen molar-refractivity contribution in [3.05, 3.63) is 88.0 Å². The number of nitrogens with one attached hydrogen (secondary N) is 1. The molecule has 0 radical (unpaired) electrons. The molecule has 0 heterocycles. The molecule has 0 atom stereocenters. The van der Waals surface area contributed by atoms with Crippen LogP contribution < -0.4 is 5.32 Å². The van der Waals surface area contributed by atoms with Gasteiger partial charge < -0.3 is 5.32 Å². The van der Waals surface area contributed by atoms with Crippen LogP contribution in [0.25, 0.3) is 11.1 Å². The lowest BCUT2D eigenvalue weighted by atomic mass is 10.0. The molecule has 0 aromatic heterocycles. The number of carbonyl (C=O) groups is 1. The summed E-state index contributed by atoms with van der Waals surface area (Å²) >= 11 is 2.22. The fraction of sp³-hybridized carbons (Fsp3) is 0.0500. The molecule has 23 heavy (non-hydrogen) atoms. The predicted octanol–water partition coefficient (Wildman–Crippen LogP) is 5.14. The lowest BCUT2D eigenvalue weighted by Gasteiger charge is -2.08. The van der Waals surface area contributed by atoms with Crippen LogP contribution in [0.15, 0.2) is 78.9 Å². The average molecular weight is 413 g/mol. The van der Waals surface area contributed by atoms with Crippen molar-refractivity contribution < 1.29 is 4.79 Å². The third-order valence-electron chi connectivity index (χ3n) is 3.57. The average Bonchev–Trinajstić information content (AvgIpc) is 2.58. The Morgan fingerprint density at radius 2 is 1.39 bits per heavy atom. The van der Waals surface area contributed by atoms with Crippen LogP contribution in [0.4, 0.5) is 5.69 Å². The predicted molar refractivity (Wildman–Crippen MR) is 103 cm³/mol. The van der Waals surface area contributed by atoms with E-state index in [1.807, 2.05) is 54.6 Å². The van der Waals surface area contributed by atoms with E-state index in [2.05, 4.69) is 52.2 Å². The van der Waals surface area contributed by atoms with Crippen molar-refractivity contribution in [1.29, 1.82) is 0 Å². The van der Waals surface area contributed by atoms with Gasteiger partial charge in [-0.3, -0.25) is 4.79 Å². The number of hydrogen-bond donors (Lipinski definition) is 1. The van der Waals surface area contributed by atoms with Crippen LogP contribution in [-0.4, -0.2) is 5.91 Å². The highest BCUT2D eigenvalue weighted by atomic mass is 127. The number of para-hydroxylation sites is 1. The SMILES string of the molecule is O=C(Cc1ccc(-c2ccccc2)cc1)Nc1ccccc1I. The summed E-state index contributed by atoms with van der Waals surface area (Å²) in [7, 11) is 0. The van der Waals surface area contributed by atoms with E-state index in [1.165, 1.54) is 5.56 Å². The number of benzene rings is 3. The monoisotopic (exact) mass is 413 g/mol. The fourth-order valence-corrected chi connectivity index (χ4v) is 2.91. The minimum Gasteiger partial charge on any atom is -0.325 e. The van der Waals surface area contributed by atoms with Gasteiger partial charge in [0.1, 0.15) is 0 Å². The van der Waals surface area contributed by atoms with Crippen LogP contribution >= 0.6 is 22.6 Å². The quantitative estimate of drug-likeness (QED) is 0.590. The van der Waals surface area contributed by atoms with Crippen molar-refractivity contribution in [3.8, 4) is 11.1 Å². The number of anilines is 1. The van der Waals surface area contributed by atoms with E-state index in [-0.39, 0.29) is 5.91 Å². The fourth-order valence-electron chi connectivity index (χ4n) is 2.39. The Morgan fingerprint density at radius 1 is 0.783 bits per heavy atom. The van der Waals surface area contributed by atoms with Gasteiger partial charge in [-0.25, -0.2) is 0 Å². The van der Waals surface area contributed by atoms with Gasteiger partial charge in [-0.05, 0) is 51.4 Å².